The zero-order valence-electron chi connectivity index (χ0n) is 14.8. The molecule has 2 aliphatic heterocycles. The average Bonchev–Trinajstić information content (AvgIpc) is 2.92. The van der Waals surface area contributed by atoms with Crippen molar-refractivity contribution in [2.24, 2.45) is 0 Å². The van der Waals surface area contributed by atoms with Gasteiger partial charge in [-0.3, -0.25) is 4.31 Å². The van der Waals surface area contributed by atoms with Crippen LogP contribution >= 0.6 is 0 Å². The summed E-state index contributed by atoms with van der Waals surface area (Å²) in [6.45, 7) is 0.280. The lowest BCUT2D eigenvalue weighted by Crippen LogP contribution is -2.38. The maximum atomic E-state index is 12.8. The van der Waals surface area contributed by atoms with Crippen molar-refractivity contribution in [2.45, 2.75) is 30.2 Å². The van der Waals surface area contributed by atoms with Gasteiger partial charge < -0.3 is 4.74 Å². The Morgan fingerprint density at radius 2 is 1.89 bits per heavy atom. The van der Waals surface area contributed by atoms with Gasteiger partial charge in [-0.1, -0.05) is 0 Å². The normalized spacial score (nSPS) is 24.6. The molecule has 0 aromatic heterocycles. The van der Waals surface area contributed by atoms with Crippen molar-refractivity contribution >= 4 is 35.6 Å². The fourth-order valence-electron chi connectivity index (χ4n) is 3.28. The van der Waals surface area contributed by atoms with Crippen LogP contribution < -0.4 is 13.8 Å². The van der Waals surface area contributed by atoms with Crippen molar-refractivity contribution in [1.82, 2.24) is 4.72 Å². The van der Waals surface area contributed by atoms with Gasteiger partial charge in [-0.05, 0) is 37.5 Å². The summed E-state index contributed by atoms with van der Waals surface area (Å²) in [6, 6.07) is 3.44. The van der Waals surface area contributed by atoms with Crippen LogP contribution in [0.15, 0.2) is 23.1 Å². The van der Waals surface area contributed by atoms with Crippen LogP contribution in [0.5, 0.6) is 5.75 Å². The van der Waals surface area contributed by atoms with Crippen molar-refractivity contribution in [3.8, 4) is 5.75 Å². The van der Waals surface area contributed by atoms with E-state index in [4.69, 9.17) is 4.74 Å². The molecule has 1 aromatic rings. The molecule has 0 amide bonds. The molecule has 0 aliphatic carbocycles. The predicted molar refractivity (Wildman–Crippen MR) is 101 cm³/mol. The van der Waals surface area contributed by atoms with Crippen molar-refractivity contribution in [3.63, 3.8) is 0 Å². The fourth-order valence-corrected chi connectivity index (χ4v) is 8.15. The highest BCUT2D eigenvalue weighted by molar-refractivity contribution is 7.93. The van der Waals surface area contributed by atoms with Crippen LogP contribution in [0.2, 0.25) is 0 Å². The van der Waals surface area contributed by atoms with Crippen LogP contribution in [0.4, 0.5) is 5.69 Å². The minimum atomic E-state index is -4.10. The molecule has 0 spiro atoms. The van der Waals surface area contributed by atoms with Gasteiger partial charge in [-0.25, -0.2) is 30.0 Å². The van der Waals surface area contributed by atoms with Crippen LogP contribution in [0.3, 0.4) is 0 Å². The minimum Gasteiger partial charge on any atom is -0.495 e. The van der Waals surface area contributed by atoms with Gasteiger partial charge in [0, 0.05) is 12.6 Å². The van der Waals surface area contributed by atoms with E-state index >= 15 is 0 Å². The Morgan fingerprint density at radius 1 is 1.15 bits per heavy atom. The predicted octanol–water partition coefficient (Wildman–Crippen LogP) is 0.0906. The molecule has 9 nitrogen and oxygen atoms in total. The second-order valence-electron chi connectivity index (χ2n) is 6.65. The van der Waals surface area contributed by atoms with Crippen molar-refractivity contribution in [3.05, 3.63) is 18.2 Å². The number of sulfone groups is 1. The van der Waals surface area contributed by atoms with Gasteiger partial charge in [0.05, 0.1) is 30.1 Å². The highest BCUT2D eigenvalue weighted by Crippen LogP contribution is 2.32. The number of sulfonamides is 2. The smallest absolute Gasteiger partial charge is 0.244 e. The Labute approximate surface area is 159 Å². The first-order chi connectivity index (χ1) is 12.5. The first-order valence-electron chi connectivity index (χ1n) is 8.45. The zero-order valence-corrected chi connectivity index (χ0v) is 17.2. The summed E-state index contributed by atoms with van der Waals surface area (Å²) < 4.78 is 82.2. The van der Waals surface area contributed by atoms with Crippen LogP contribution in [0, 0.1) is 0 Å². The molecule has 1 atom stereocenters. The summed E-state index contributed by atoms with van der Waals surface area (Å²) in [5, 5.41) is 0. The molecule has 2 aliphatic rings. The molecule has 1 unspecified atom stereocenters. The maximum Gasteiger partial charge on any atom is 0.244 e. The van der Waals surface area contributed by atoms with E-state index in [0.29, 0.717) is 12.8 Å². The highest BCUT2D eigenvalue weighted by Gasteiger charge is 2.33. The second kappa shape index (κ2) is 7.22. The first kappa shape index (κ1) is 20.4. The van der Waals surface area contributed by atoms with E-state index in [2.05, 4.69) is 4.72 Å². The summed E-state index contributed by atoms with van der Waals surface area (Å²) in [5.74, 6) is -0.251. The van der Waals surface area contributed by atoms with E-state index in [1.165, 1.54) is 29.6 Å². The SMILES string of the molecule is COc1ccc(N2CCCCS2(=O)=O)cc1S(=O)(=O)NC1CCS(=O)(=O)C1. The largest absolute Gasteiger partial charge is 0.495 e. The number of benzene rings is 1. The molecule has 3 rings (SSSR count). The average molecular weight is 439 g/mol. The van der Waals surface area contributed by atoms with Gasteiger partial charge in [0.25, 0.3) is 0 Å². The number of ether oxygens (including phenoxy) is 1. The third-order valence-corrected chi connectivity index (χ3v) is 9.81. The lowest BCUT2D eigenvalue weighted by molar-refractivity contribution is 0.402. The topological polar surface area (TPSA) is 127 Å². The van der Waals surface area contributed by atoms with Gasteiger partial charge in [-0.2, -0.15) is 0 Å². The third-order valence-electron chi connectivity index (χ3n) is 4.63. The molecule has 1 N–H and O–H groups in total. The van der Waals surface area contributed by atoms with Crippen molar-refractivity contribution in [1.29, 1.82) is 0 Å². The summed E-state index contributed by atoms with van der Waals surface area (Å²) in [4.78, 5) is -0.215. The van der Waals surface area contributed by atoms with Gasteiger partial charge in [0.1, 0.15) is 10.6 Å². The van der Waals surface area contributed by atoms with E-state index in [1.807, 2.05) is 0 Å². The fraction of sp³-hybridized carbons (Fsp3) is 0.600. The number of nitrogens with one attached hydrogen (secondary N) is 1. The molecule has 152 valence electrons. The van der Waals surface area contributed by atoms with Gasteiger partial charge >= 0.3 is 0 Å². The summed E-state index contributed by atoms with van der Waals surface area (Å²) in [7, 11) is -9.54. The summed E-state index contributed by atoms with van der Waals surface area (Å²) >= 11 is 0. The number of methoxy groups -OCH3 is 1. The van der Waals surface area contributed by atoms with Crippen LogP contribution in [0.25, 0.3) is 0 Å². The molecule has 1 aromatic carbocycles. The highest BCUT2D eigenvalue weighted by atomic mass is 32.2. The molecular weight excluding hydrogens is 416 g/mol. The van der Waals surface area contributed by atoms with E-state index in [-0.39, 0.29) is 46.6 Å². The van der Waals surface area contributed by atoms with Crippen LogP contribution in [-0.2, 0) is 29.9 Å². The monoisotopic (exact) mass is 438 g/mol. The molecule has 12 heteroatoms. The Balaban J connectivity index is 1.96. The number of hydrogen-bond acceptors (Lipinski definition) is 7. The third kappa shape index (κ3) is 4.39. The lowest BCUT2D eigenvalue weighted by atomic mass is 10.2. The quantitative estimate of drug-likeness (QED) is 0.690. The van der Waals surface area contributed by atoms with Crippen LogP contribution in [0.1, 0.15) is 19.3 Å². The number of hydrogen-bond donors (Lipinski definition) is 1. The second-order valence-corrected chi connectivity index (χ2v) is 12.6. The number of nitrogens with zero attached hydrogens (tertiary/aromatic N) is 1. The number of rotatable bonds is 5. The Kier molecular flexibility index (Phi) is 5.45. The van der Waals surface area contributed by atoms with Gasteiger partial charge in [0.2, 0.25) is 20.0 Å². The number of anilines is 1. The zero-order chi connectivity index (χ0) is 19.9. The molecule has 2 saturated heterocycles. The molecule has 2 fully saturated rings. The van der Waals surface area contributed by atoms with Crippen molar-refractivity contribution < 1.29 is 30.0 Å². The minimum absolute atomic E-state index is 0.0132. The maximum absolute atomic E-state index is 12.8. The summed E-state index contributed by atoms with van der Waals surface area (Å²) in [6.07, 6.45) is 1.45. The first-order valence-corrected chi connectivity index (χ1v) is 13.4. The molecular formula is C15H22N2O7S3. The van der Waals surface area contributed by atoms with E-state index < -0.39 is 35.9 Å². The van der Waals surface area contributed by atoms with E-state index in [0.717, 1.165) is 0 Å². The molecule has 0 saturated carbocycles. The van der Waals surface area contributed by atoms with Gasteiger partial charge in [0.15, 0.2) is 9.84 Å². The Bertz CT molecular complexity index is 1030. The molecule has 0 bridgehead atoms. The standard InChI is InChI=1S/C15H22N2O7S3/c1-24-14-5-4-13(17-7-2-3-8-26(17,20)21)10-15(14)27(22,23)16-12-6-9-25(18,19)11-12/h4-5,10,12,16H,2-3,6-9,11H2,1H3. The molecule has 0 radical (unpaired) electrons. The molecule has 27 heavy (non-hydrogen) atoms. The van der Waals surface area contributed by atoms with Gasteiger partial charge in [-0.15, -0.1) is 0 Å². The molecule has 2 heterocycles. The Morgan fingerprint density at radius 3 is 2.48 bits per heavy atom. The summed E-state index contributed by atoms with van der Waals surface area (Å²) in [5.41, 5.74) is 0.245. The van der Waals surface area contributed by atoms with E-state index in [9.17, 15) is 25.3 Å². The van der Waals surface area contributed by atoms with Crippen LogP contribution in [-0.4, -0.2) is 62.2 Å². The lowest BCUT2D eigenvalue weighted by Gasteiger charge is -2.28. The van der Waals surface area contributed by atoms with Crippen molar-refractivity contribution in [2.75, 3.05) is 35.2 Å². The Hall–Kier alpha value is -1.37. The van der Waals surface area contributed by atoms with E-state index in [1.54, 1.807) is 0 Å².